The summed E-state index contributed by atoms with van der Waals surface area (Å²) in [7, 11) is 0.360. The lowest BCUT2D eigenvalue weighted by Crippen LogP contribution is -2.36. The lowest BCUT2D eigenvalue weighted by Gasteiger charge is -2.22. The van der Waals surface area contributed by atoms with Crippen LogP contribution in [0.4, 0.5) is 0 Å². The van der Waals surface area contributed by atoms with Gasteiger partial charge in [0.2, 0.25) is 0 Å². The van der Waals surface area contributed by atoms with Crippen molar-refractivity contribution in [1.82, 2.24) is 0 Å². The summed E-state index contributed by atoms with van der Waals surface area (Å²) in [5.41, 5.74) is 1.22. The Morgan fingerprint density at radius 3 is 1.94 bits per heavy atom. The van der Waals surface area contributed by atoms with E-state index < -0.39 is 5.22 Å². The zero-order chi connectivity index (χ0) is 12.3. The van der Waals surface area contributed by atoms with Gasteiger partial charge in [0.05, 0.1) is 10.2 Å². The fourth-order valence-electron chi connectivity index (χ4n) is 1.76. The molecule has 2 aromatic carbocycles. The lowest BCUT2D eigenvalue weighted by molar-refractivity contribution is 0.0634. The summed E-state index contributed by atoms with van der Waals surface area (Å²) >= 11 is 0. The standard InChI is InChI=1S/C14H14O2Si/c15-13(11-7-3-1-4-8-11)14(16,17)12-9-5-2-6-10-12/h1-10,16H,17H3. The second kappa shape index (κ2) is 4.65. The Morgan fingerprint density at radius 2 is 1.41 bits per heavy atom. The second-order valence-corrected chi connectivity index (χ2v) is 5.58. The van der Waals surface area contributed by atoms with Crippen LogP contribution in [-0.4, -0.2) is 21.1 Å². The van der Waals surface area contributed by atoms with Crippen LogP contribution in [0.3, 0.4) is 0 Å². The molecule has 0 spiro atoms. The molecule has 2 aromatic rings. The molecule has 0 radical (unpaired) electrons. The van der Waals surface area contributed by atoms with Gasteiger partial charge in [-0.15, -0.1) is 0 Å². The molecule has 1 atom stereocenters. The highest BCUT2D eigenvalue weighted by Crippen LogP contribution is 2.22. The van der Waals surface area contributed by atoms with Crippen LogP contribution in [-0.2, 0) is 5.22 Å². The van der Waals surface area contributed by atoms with Crippen LogP contribution >= 0.6 is 0 Å². The van der Waals surface area contributed by atoms with Crippen molar-refractivity contribution < 1.29 is 9.90 Å². The predicted octanol–water partition coefficient (Wildman–Crippen LogP) is 1.08. The molecule has 1 N–H and O–H groups in total. The van der Waals surface area contributed by atoms with Crippen LogP contribution in [0.1, 0.15) is 15.9 Å². The van der Waals surface area contributed by atoms with Crippen LogP contribution in [0.5, 0.6) is 0 Å². The first-order valence-electron chi connectivity index (χ1n) is 5.50. The fraction of sp³-hybridized carbons (Fsp3) is 0.0714. The van der Waals surface area contributed by atoms with Gasteiger partial charge in [0.25, 0.3) is 0 Å². The van der Waals surface area contributed by atoms with Gasteiger partial charge in [0.1, 0.15) is 5.22 Å². The maximum atomic E-state index is 12.3. The molecular formula is C14H14O2Si. The number of aliphatic hydroxyl groups is 1. The van der Waals surface area contributed by atoms with Gasteiger partial charge in [-0.25, -0.2) is 0 Å². The molecule has 2 nitrogen and oxygen atoms in total. The Balaban J connectivity index is 2.37. The average Bonchev–Trinajstić information content (AvgIpc) is 2.40. The molecule has 0 fully saturated rings. The fourth-order valence-corrected chi connectivity index (χ4v) is 2.39. The van der Waals surface area contributed by atoms with E-state index in [4.69, 9.17) is 0 Å². The Hall–Kier alpha value is -1.71. The number of benzene rings is 2. The van der Waals surface area contributed by atoms with Crippen molar-refractivity contribution in [3.63, 3.8) is 0 Å². The number of ketones is 1. The summed E-state index contributed by atoms with van der Waals surface area (Å²) in [4.78, 5) is 12.3. The van der Waals surface area contributed by atoms with Crippen molar-refractivity contribution in [2.24, 2.45) is 0 Å². The van der Waals surface area contributed by atoms with E-state index in [9.17, 15) is 9.90 Å². The van der Waals surface area contributed by atoms with E-state index in [1.807, 2.05) is 24.3 Å². The lowest BCUT2D eigenvalue weighted by atomic mass is 9.99. The van der Waals surface area contributed by atoms with E-state index in [1.54, 1.807) is 36.4 Å². The van der Waals surface area contributed by atoms with E-state index in [2.05, 4.69) is 0 Å². The minimum atomic E-state index is -1.34. The quantitative estimate of drug-likeness (QED) is 0.646. The van der Waals surface area contributed by atoms with Gasteiger partial charge in [-0.3, -0.25) is 4.79 Å². The number of Topliss-reactive ketones (excluding diaryl/α,β-unsaturated/α-hetero) is 1. The monoisotopic (exact) mass is 242 g/mol. The zero-order valence-electron chi connectivity index (χ0n) is 9.63. The molecule has 3 heteroatoms. The maximum Gasteiger partial charge on any atom is 0.194 e. The van der Waals surface area contributed by atoms with Crippen molar-refractivity contribution in [2.45, 2.75) is 5.22 Å². The van der Waals surface area contributed by atoms with Gasteiger partial charge in [-0.2, -0.15) is 0 Å². The Kier molecular flexibility index (Phi) is 3.22. The van der Waals surface area contributed by atoms with Crippen molar-refractivity contribution >= 4 is 16.0 Å². The molecule has 0 aromatic heterocycles. The van der Waals surface area contributed by atoms with Crippen LogP contribution in [0.25, 0.3) is 0 Å². The first-order valence-corrected chi connectivity index (χ1v) is 6.50. The second-order valence-electron chi connectivity index (χ2n) is 4.13. The highest BCUT2D eigenvalue weighted by atomic mass is 28.1. The van der Waals surface area contributed by atoms with Gasteiger partial charge >= 0.3 is 0 Å². The first-order chi connectivity index (χ1) is 8.12. The third kappa shape index (κ3) is 2.35. The minimum absolute atomic E-state index is 0.226. The molecule has 0 aliphatic carbocycles. The molecule has 2 rings (SSSR count). The van der Waals surface area contributed by atoms with E-state index >= 15 is 0 Å². The Morgan fingerprint density at radius 1 is 0.941 bits per heavy atom. The van der Waals surface area contributed by atoms with Gasteiger partial charge in [-0.1, -0.05) is 60.7 Å². The van der Waals surface area contributed by atoms with Crippen LogP contribution in [0, 0.1) is 0 Å². The number of carbonyl (C=O) groups is 1. The Labute approximate surface area is 103 Å². The van der Waals surface area contributed by atoms with Gasteiger partial charge in [0, 0.05) is 5.56 Å². The third-order valence-corrected chi connectivity index (χ3v) is 3.85. The number of rotatable bonds is 3. The molecule has 0 bridgehead atoms. The summed E-state index contributed by atoms with van der Waals surface area (Å²) in [5.74, 6) is -0.226. The van der Waals surface area contributed by atoms with Crippen molar-refractivity contribution in [2.75, 3.05) is 0 Å². The number of carbonyl (C=O) groups excluding carboxylic acids is 1. The summed E-state index contributed by atoms with van der Waals surface area (Å²) in [5, 5.41) is 9.08. The van der Waals surface area contributed by atoms with Gasteiger partial charge in [0.15, 0.2) is 5.78 Å². The predicted molar refractivity (Wildman–Crippen MR) is 71.1 cm³/mol. The highest BCUT2D eigenvalue weighted by molar-refractivity contribution is 6.31. The third-order valence-electron chi connectivity index (χ3n) is 2.81. The Bertz CT molecular complexity index is 506. The summed E-state index contributed by atoms with van der Waals surface area (Å²) in [6, 6.07) is 18.0. The van der Waals surface area contributed by atoms with E-state index in [-0.39, 0.29) is 5.78 Å². The molecule has 0 saturated heterocycles. The van der Waals surface area contributed by atoms with Gasteiger partial charge in [-0.05, 0) is 5.56 Å². The van der Waals surface area contributed by atoms with Crippen LogP contribution < -0.4 is 0 Å². The number of hydrogen-bond donors (Lipinski definition) is 1. The van der Waals surface area contributed by atoms with Crippen molar-refractivity contribution in [1.29, 1.82) is 0 Å². The van der Waals surface area contributed by atoms with E-state index in [1.165, 1.54) is 0 Å². The van der Waals surface area contributed by atoms with Gasteiger partial charge < -0.3 is 5.11 Å². The highest BCUT2D eigenvalue weighted by Gasteiger charge is 2.32. The molecule has 86 valence electrons. The molecular weight excluding hydrogens is 228 g/mol. The smallest absolute Gasteiger partial charge is 0.194 e. The first kappa shape index (κ1) is 11.8. The molecule has 1 unspecified atom stereocenters. The summed E-state index contributed by atoms with van der Waals surface area (Å²) in [6.45, 7) is 0. The van der Waals surface area contributed by atoms with Crippen LogP contribution in [0.2, 0.25) is 0 Å². The topological polar surface area (TPSA) is 37.3 Å². The number of hydrogen-bond acceptors (Lipinski definition) is 2. The SMILES string of the molecule is O=C(c1ccccc1)C(O)([SiH3])c1ccccc1. The zero-order valence-corrected chi connectivity index (χ0v) is 11.6. The van der Waals surface area contributed by atoms with E-state index in [0.29, 0.717) is 21.4 Å². The maximum absolute atomic E-state index is 12.3. The summed E-state index contributed by atoms with van der Waals surface area (Å²) in [6.07, 6.45) is 0. The molecule has 0 heterocycles. The molecule has 0 aliphatic rings. The molecule has 0 saturated carbocycles. The molecule has 0 amide bonds. The van der Waals surface area contributed by atoms with Crippen molar-refractivity contribution in [3.8, 4) is 0 Å². The largest absolute Gasteiger partial charge is 0.382 e. The van der Waals surface area contributed by atoms with E-state index in [0.717, 1.165) is 0 Å². The molecule has 0 aliphatic heterocycles. The molecule has 17 heavy (non-hydrogen) atoms. The van der Waals surface area contributed by atoms with Crippen molar-refractivity contribution in [3.05, 3.63) is 71.8 Å². The summed E-state index contributed by atoms with van der Waals surface area (Å²) < 4.78 is 0. The average molecular weight is 242 g/mol. The van der Waals surface area contributed by atoms with Crippen LogP contribution in [0.15, 0.2) is 60.7 Å². The minimum Gasteiger partial charge on any atom is -0.382 e. The normalized spacial score (nSPS) is 14.2.